The lowest BCUT2D eigenvalue weighted by atomic mass is 10.0. The molecule has 0 aromatic rings. The van der Waals surface area contributed by atoms with E-state index in [1.165, 1.54) is 0 Å². The molecule has 0 aromatic carbocycles. The number of carbonyl (C=O) groups excluding carboxylic acids is 1. The van der Waals surface area contributed by atoms with Crippen LogP contribution in [-0.4, -0.2) is 53.1 Å². The molecule has 5 nitrogen and oxygen atoms in total. The zero-order chi connectivity index (χ0) is 13.5. The van der Waals surface area contributed by atoms with Crippen LogP contribution < -0.4 is 5.32 Å². The van der Waals surface area contributed by atoms with Crippen molar-refractivity contribution in [2.45, 2.75) is 32.2 Å². The van der Waals surface area contributed by atoms with E-state index >= 15 is 0 Å². The Labute approximate surface area is 112 Å². The Hall–Kier alpha value is -0.910. The number of nitrogens with one attached hydrogen (secondary N) is 1. The second kappa shape index (κ2) is 7.51. The van der Waals surface area contributed by atoms with Crippen LogP contribution in [0.1, 0.15) is 26.2 Å². The monoisotopic (exact) mass is 274 g/mol. The Bertz CT molecular complexity index is 293. The fourth-order valence-electron chi connectivity index (χ4n) is 1.99. The summed E-state index contributed by atoms with van der Waals surface area (Å²) in [5, 5.41) is 11.7. The number of nitrogens with zero attached hydrogens (tertiary/aromatic N) is 1. The van der Waals surface area contributed by atoms with Crippen LogP contribution in [0.3, 0.4) is 0 Å². The third-order valence-corrected chi connectivity index (χ3v) is 4.40. The summed E-state index contributed by atoms with van der Waals surface area (Å²) in [6, 6.07) is 0.120. The van der Waals surface area contributed by atoms with E-state index < -0.39 is 11.9 Å². The van der Waals surface area contributed by atoms with Crippen LogP contribution >= 0.6 is 11.8 Å². The molecular formula is C12H22N2O3S. The molecule has 1 heterocycles. The van der Waals surface area contributed by atoms with E-state index in [0.717, 1.165) is 24.3 Å². The molecule has 104 valence electrons. The molecule has 0 spiro atoms. The molecule has 18 heavy (non-hydrogen) atoms. The highest BCUT2D eigenvalue weighted by molar-refractivity contribution is 7.99. The predicted molar refractivity (Wildman–Crippen MR) is 72.9 cm³/mol. The highest BCUT2D eigenvalue weighted by atomic mass is 32.2. The Kier molecular flexibility index (Phi) is 6.32. The minimum atomic E-state index is -0.837. The highest BCUT2D eigenvalue weighted by Gasteiger charge is 2.25. The van der Waals surface area contributed by atoms with Crippen LogP contribution in [0.4, 0.5) is 4.79 Å². The molecule has 1 aliphatic heterocycles. The first-order valence-corrected chi connectivity index (χ1v) is 7.53. The highest BCUT2D eigenvalue weighted by Crippen LogP contribution is 2.21. The van der Waals surface area contributed by atoms with Crippen molar-refractivity contribution in [2.75, 3.05) is 25.1 Å². The molecule has 2 atom stereocenters. The van der Waals surface area contributed by atoms with Crippen LogP contribution in [0.15, 0.2) is 0 Å². The maximum atomic E-state index is 11.9. The summed E-state index contributed by atoms with van der Waals surface area (Å²) in [6.07, 6.45) is 2.42. The molecule has 0 radical (unpaired) electrons. The van der Waals surface area contributed by atoms with Crippen LogP contribution in [0, 0.1) is 5.92 Å². The summed E-state index contributed by atoms with van der Waals surface area (Å²) in [4.78, 5) is 24.5. The summed E-state index contributed by atoms with van der Waals surface area (Å²) < 4.78 is 0. The second-order valence-corrected chi connectivity index (χ2v) is 5.79. The molecule has 0 bridgehead atoms. The van der Waals surface area contributed by atoms with Gasteiger partial charge in [-0.05, 0) is 18.6 Å². The van der Waals surface area contributed by atoms with Crippen molar-refractivity contribution in [1.82, 2.24) is 10.2 Å². The number of rotatable bonds is 6. The number of amides is 2. The van der Waals surface area contributed by atoms with Gasteiger partial charge >= 0.3 is 12.0 Å². The Morgan fingerprint density at radius 2 is 2.28 bits per heavy atom. The molecule has 1 aliphatic rings. The molecule has 1 saturated heterocycles. The molecule has 2 unspecified atom stereocenters. The molecule has 1 fully saturated rings. The average molecular weight is 274 g/mol. The minimum Gasteiger partial charge on any atom is -0.481 e. The van der Waals surface area contributed by atoms with Gasteiger partial charge < -0.3 is 15.3 Å². The Balaban J connectivity index is 2.36. The number of carboxylic acid groups (broad SMARTS) is 1. The summed E-state index contributed by atoms with van der Waals surface area (Å²) in [5.41, 5.74) is 0. The second-order valence-electron chi connectivity index (χ2n) is 4.64. The van der Waals surface area contributed by atoms with E-state index in [1.807, 2.05) is 18.7 Å². The van der Waals surface area contributed by atoms with Gasteiger partial charge in [0.1, 0.15) is 0 Å². The first-order chi connectivity index (χ1) is 8.56. The van der Waals surface area contributed by atoms with Crippen molar-refractivity contribution in [2.24, 2.45) is 5.92 Å². The van der Waals surface area contributed by atoms with E-state index in [-0.39, 0.29) is 18.6 Å². The van der Waals surface area contributed by atoms with Crippen molar-refractivity contribution < 1.29 is 14.7 Å². The lowest BCUT2D eigenvalue weighted by Gasteiger charge is -2.24. The van der Waals surface area contributed by atoms with Crippen LogP contribution in [0.25, 0.3) is 0 Å². The molecule has 1 rings (SSSR count). The Morgan fingerprint density at radius 3 is 2.78 bits per heavy atom. The van der Waals surface area contributed by atoms with E-state index in [2.05, 4.69) is 5.32 Å². The maximum Gasteiger partial charge on any atom is 0.317 e. The maximum absolute atomic E-state index is 11.9. The standard InChI is InChI=1S/C12H22N2O3S/c1-3-4-9(11(15)16)7-13-12(17)14(2)10-5-6-18-8-10/h9-10H,3-8H2,1-2H3,(H,13,17)(H,15,16). The Morgan fingerprint density at radius 1 is 1.56 bits per heavy atom. The van der Waals surface area contributed by atoms with Crippen LogP contribution in [0.2, 0.25) is 0 Å². The van der Waals surface area contributed by atoms with E-state index in [1.54, 1.807) is 11.9 Å². The first-order valence-electron chi connectivity index (χ1n) is 6.37. The summed E-state index contributed by atoms with van der Waals surface area (Å²) >= 11 is 1.85. The number of aliphatic carboxylic acids is 1. The molecule has 2 N–H and O–H groups in total. The van der Waals surface area contributed by atoms with E-state index in [4.69, 9.17) is 5.11 Å². The largest absolute Gasteiger partial charge is 0.481 e. The smallest absolute Gasteiger partial charge is 0.317 e. The van der Waals surface area contributed by atoms with Gasteiger partial charge in [0, 0.05) is 25.4 Å². The molecule has 2 amide bonds. The average Bonchev–Trinajstić information content (AvgIpc) is 2.86. The van der Waals surface area contributed by atoms with E-state index in [9.17, 15) is 9.59 Å². The van der Waals surface area contributed by atoms with Crippen molar-refractivity contribution in [3.05, 3.63) is 0 Å². The van der Waals surface area contributed by atoms with Gasteiger partial charge in [-0.3, -0.25) is 4.79 Å². The van der Waals surface area contributed by atoms with Gasteiger partial charge in [0.2, 0.25) is 0 Å². The van der Waals surface area contributed by atoms with Gasteiger partial charge in [-0.15, -0.1) is 0 Å². The quantitative estimate of drug-likeness (QED) is 0.772. The topological polar surface area (TPSA) is 69.6 Å². The zero-order valence-corrected chi connectivity index (χ0v) is 11.8. The molecular weight excluding hydrogens is 252 g/mol. The van der Waals surface area contributed by atoms with Gasteiger partial charge in [0.25, 0.3) is 0 Å². The van der Waals surface area contributed by atoms with E-state index in [0.29, 0.717) is 6.42 Å². The molecule has 0 aliphatic carbocycles. The minimum absolute atomic E-state index is 0.162. The molecule has 0 saturated carbocycles. The van der Waals surface area contributed by atoms with Gasteiger partial charge in [-0.25, -0.2) is 4.79 Å². The van der Waals surface area contributed by atoms with Crippen LogP contribution in [-0.2, 0) is 4.79 Å². The number of urea groups is 1. The first kappa shape index (κ1) is 15.1. The molecule has 6 heteroatoms. The lowest BCUT2D eigenvalue weighted by Crippen LogP contribution is -2.45. The fourth-order valence-corrected chi connectivity index (χ4v) is 3.26. The summed E-state index contributed by atoms with van der Waals surface area (Å²) in [6.45, 7) is 2.16. The van der Waals surface area contributed by atoms with Gasteiger partial charge in [-0.1, -0.05) is 13.3 Å². The molecule has 0 aromatic heterocycles. The third kappa shape index (κ3) is 4.40. The number of carbonyl (C=O) groups is 2. The lowest BCUT2D eigenvalue weighted by molar-refractivity contribution is -0.141. The number of hydrogen-bond donors (Lipinski definition) is 2. The van der Waals surface area contributed by atoms with Crippen molar-refractivity contribution in [1.29, 1.82) is 0 Å². The van der Waals surface area contributed by atoms with Gasteiger partial charge in [-0.2, -0.15) is 11.8 Å². The summed E-state index contributed by atoms with van der Waals surface area (Å²) in [5.74, 6) is 0.749. The van der Waals surface area contributed by atoms with Gasteiger partial charge in [0.15, 0.2) is 0 Å². The SMILES string of the molecule is CCCC(CNC(=O)N(C)C1CCSC1)C(=O)O. The third-order valence-electron chi connectivity index (χ3n) is 3.26. The van der Waals surface area contributed by atoms with Crippen molar-refractivity contribution in [3.8, 4) is 0 Å². The summed E-state index contributed by atoms with van der Waals surface area (Å²) in [7, 11) is 1.78. The zero-order valence-electron chi connectivity index (χ0n) is 11.0. The fraction of sp³-hybridized carbons (Fsp3) is 0.833. The number of hydrogen-bond acceptors (Lipinski definition) is 3. The number of carboxylic acids is 1. The van der Waals surface area contributed by atoms with Crippen molar-refractivity contribution >= 4 is 23.8 Å². The predicted octanol–water partition coefficient (Wildman–Crippen LogP) is 1.63. The van der Waals surface area contributed by atoms with Crippen LogP contribution in [0.5, 0.6) is 0 Å². The van der Waals surface area contributed by atoms with Gasteiger partial charge in [0.05, 0.1) is 5.92 Å². The number of thioether (sulfide) groups is 1. The normalized spacial score (nSPS) is 20.4. The van der Waals surface area contributed by atoms with Crippen molar-refractivity contribution in [3.63, 3.8) is 0 Å².